The lowest BCUT2D eigenvalue weighted by molar-refractivity contribution is 0.0596. The average Bonchev–Trinajstić information content (AvgIpc) is 3.04. The van der Waals surface area contributed by atoms with Crippen LogP contribution in [0.3, 0.4) is 0 Å². The van der Waals surface area contributed by atoms with Gasteiger partial charge in [-0.3, -0.25) is 0 Å². The van der Waals surface area contributed by atoms with Crippen LogP contribution in [0.25, 0.3) is 0 Å². The molecule has 3 saturated carbocycles. The predicted molar refractivity (Wildman–Crippen MR) is 129 cm³/mol. The van der Waals surface area contributed by atoms with Crippen molar-refractivity contribution in [2.75, 3.05) is 0 Å². The molecule has 0 spiro atoms. The number of allylic oxidation sites excluding steroid dienone is 3. The molecule has 174 valence electrons. The van der Waals surface area contributed by atoms with Crippen molar-refractivity contribution in [3.8, 4) is 0 Å². The Morgan fingerprint density at radius 1 is 1.19 bits per heavy atom. The minimum Gasteiger partial charge on any atom is -0.390 e. The van der Waals surface area contributed by atoms with Gasteiger partial charge in [0.1, 0.15) is 6.10 Å². The van der Waals surface area contributed by atoms with Crippen molar-refractivity contribution in [2.24, 2.45) is 23.2 Å². The van der Waals surface area contributed by atoms with E-state index in [0.717, 1.165) is 30.8 Å². The molecule has 0 radical (unpaired) electrons. The second kappa shape index (κ2) is 9.37. The molecule has 0 aromatic carbocycles. The van der Waals surface area contributed by atoms with Crippen molar-refractivity contribution in [1.82, 2.24) is 0 Å². The first-order valence-electron chi connectivity index (χ1n) is 12.3. The standard InChI is InChI=1S/C28H44O3/c1-18(9-7-15-27(4,5)31)23-13-14-24-21(10-8-16-28(23,24)6)11-12-22-17-25(29)20(3)26(30)19(22)2/h11-12,18,23-26,29-31H,2-3,7-10,13-17H2,1,4-6H3/t18-,23-,24+,25-,26-,28-/m1/s1. The molecular weight excluding hydrogens is 384 g/mol. The van der Waals surface area contributed by atoms with Crippen LogP contribution in [0.15, 0.2) is 47.6 Å². The highest BCUT2D eigenvalue weighted by Crippen LogP contribution is 2.60. The molecule has 3 aliphatic carbocycles. The largest absolute Gasteiger partial charge is 0.390 e. The van der Waals surface area contributed by atoms with Crippen molar-refractivity contribution in [3.63, 3.8) is 0 Å². The highest BCUT2D eigenvalue weighted by molar-refractivity contribution is 5.45. The minimum atomic E-state index is -0.842. The number of hydrogen-bond acceptors (Lipinski definition) is 3. The predicted octanol–water partition coefficient (Wildman–Crippen LogP) is 5.87. The van der Waals surface area contributed by atoms with E-state index >= 15 is 0 Å². The van der Waals surface area contributed by atoms with E-state index in [9.17, 15) is 15.3 Å². The molecule has 3 N–H and O–H groups in total. The van der Waals surface area contributed by atoms with Gasteiger partial charge in [-0.05, 0) is 92.3 Å². The summed E-state index contributed by atoms with van der Waals surface area (Å²) in [4.78, 5) is 0. The molecule has 6 atom stereocenters. The van der Waals surface area contributed by atoms with E-state index in [1.807, 2.05) is 13.8 Å². The quantitative estimate of drug-likeness (QED) is 0.464. The summed E-state index contributed by atoms with van der Waals surface area (Å²) in [5, 5.41) is 30.5. The van der Waals surface area contributed by atoms with Gasteiger partial charge in [-0.1, -0.05) is 57.6 Å². The van der Waals surface area contributed by atoms with Crippen molar-refractivity contribution >= 4 is 0 Å². The van der Waals surface area contributed by atoms with Crippen molar-refractivity contribution in [1.29, 1.82) is 0 Å². The van der Waals surface area contributed by atoms with Gasteiger partial charge in [0.25, 0.3) is 0 Å². The monoisotopic (exact) mass is 428 g/mol. The summed E-state index contributed by atoms with van der Waals surface area (Å²) >= 11 is 0. The van der Waals surface area contributed by atoms with Gasteiger partial charge in [-0.15, -0.1) is 0 Å². The van der Waals surface area contributed by atoms with Gasteiger partial charge in [-0.2, -0.15) is 0 Å². The van der Waals surface area contributed by atoms with Crippen LogP contribution in [-0.2, 0) is 0 Å². The van der Waals surface area contributed by atoms with Gasteiger partial charge in [0.15, 0.2) is 0 Å². The topological polar surface area (TPSA) is 60.7 Å². The number of fused-ring (bicyclic) bond motifs is 1. The Kier molecular flexibility index (Phi) is 7.40. The maximum absolute atomic E-state index is 10.3. The average molecular weight is 429 g/mol. The summed E-state index contributed by atoms with van der Waals surface area (Å²) in [6, 6.07) is 0. The molecule has 3 rings (SSSR count). The second-order valence-corrected chi connectivity index (χ2v) is 11.4. The Morgan fingerprint density at radius 2 is 1.90 bits per heavy atom. The Hall–Kier alpha value is -1.16. The van der Waals surface area contributed by atoms with Crippen LogP contribution in [0, 0.1) is 23.2 Å². The van der Waals surface area contributed by atoms with Crippen LogP contribution < -0.4 is 0 Å². The summed E-state index contributed by atoms with van der Waals surface area (Å²) in [6.45, 7) is 16.6. The summed E-state index contributed by atoms with van der Waals surface area (Å²) < 4.78 is 0. The summed E-state index contributed by atoms with van der Waals surface area (Å²) in [7, 11) is 0. The van der Waals surface area contributed by atoms with E-state index < -0.39 is 17.8 Å². The second-order valence-electron chi connectivity index (χ2n) is 11.4. The fourth-order valence-electron chi connectivity index (χ4n) is 6.71. The molecule has 0 aromatic rings. The molecule has 0 amide bonds. The van der Waals surface area contributed by atoms with E-state index in [4.69, 9.17) is 0 Å². The third-order valence-corrected chi connectivity index (χ3v) is 8.61. The molecule has 0 saturated heterocycles. The van der Waals surface area contributed by atoms with Gasteiger partial charge in [-0.25, -0.2) is 0 Å². The Morgan fingerprint density at radius 3 is 2.58 bits per heavy atom. The van der Waals surface area contributed by atoms with E-state index in [1.165, 1.54) is 37.7 Å². The third kappa shape index (κ3) is 5.26. The first-order valence-corrected chi connectivity index (χ1v) is 12.3. The van der Waals surface area contributed by atoms with E-state index in [1.54, 1.807) is 0 Å². The lowest BCUT2D eigenvalue weighted by atomic mass is 9.60. The van der Waals surface area contributed by atoms with E-state index in [-0.39, 0.29) is 0 Å². The zero-order valence-electron chi connectivity index (χ0n) is 20.2. The number of aliphatic hydroxyl groups is 3. The van der Waals surface area contributed by atoms with Crippen LogP contribution in [0.1, 0.15) is 85.5 Å². The molecule has 0 heterocycles. The molecule has 31 heavy (non-hydrogen) atoms. The molecule has 0 aliphatic heterocycles. The van der Waals surface area contributed by atoms with Gasteiger partial charge in [0.2, 0.25) is 0 Å². The molecule has 3 nitrogen and oxygen atoms in total. The van der Waals surface area contributed by atoms with Crippen LogP contribution >= 0.6 is 0 Å². The Labute approximate surface area is 189 Å². The van der Waals surface area contributed by atoms with Crippen molar-refractivity contribution in [2.45, 2.75) is 103 Å². The van der Waals surface area contributed by atoms with Crippen LogP contribution in [0.2, 0.25) is 0 Å². The molecule has 0 aromatic heterocycles. The normalized spacial score (nSPS) is 38.0. The van der Waals surface area contributed by atoms with E-state index in [0.29, 0.717) is 34.8 Å². The van der Waals surface area contributed by atoms with Crippen LogP contribution in [-0.4, -0.2) is 33.1 Å². The van der Waals surface area contributed by atoms with Crippen molar-refractivity contribution in [3.05, 3.63) is 47.6 Å². The number of aliphatic hydroxyl groups excluding tert-OH is 2. The highest BCUT2D eigenvalue weighted by atomic mass is 16.3. The molecule has 0 bridgehead atoms. The van der Waals surface area contributed by atoms with E-state index in [2.05, 4.69) is 39.2 Å². The Balaban J connectivity index is 1.72. The highest BCUT2D eigenvalue weighted by Gasteiger charge is 2.50. The lowest BCUT2D eigenvalue weighted by Gasteiger charge is -2.44. The van der Waals surface area contributed by atoms with Crippen molar-refractivity contribution < 1.29 is 15.3 Å². The molecular formula is C28H44O3. The number of rotatable bonds is 6. The Bertz CT molecular complexity index is 753. The smallest absolute Gasteiger partial charge is 0.102 e. The molecule has 3 aliphatic rings. The minimum absolute atomic E-state index is 0.355. The summed E-state index contributed by atoms with van der Waals surface area (Å²) in [5.74, 6) is 2.05. The van der Waals surface area contributed by atoms with Gasteiger partial charge in [0.05, 0.1) is 11.7 Å². The fraction of sp³-hybridized carbons (Fsp3) is 0.714. The molecule has 0 unspecified atom stereocenters. The first-order chi connectivity index (χ1) is 14.4. The maximum atomic E-state index is 10.3. The maximum Gasteiger partial charge on any atom is 0.102 e. The van der Waals surface area contributed by atoms with Crippen LogP contribution in [0.4, 0.5) is 0 Å². The zero-order chi connectivity index (χ0) is 23.0. The molecule has 3 heteroatoms. The summed E-state index contributed by atoms with van der Waals surface area (Å²) in [5.41, 5.74) is 3.41. The van der Waals surface area contributed by atoms with Gasteiger partial charge >= 0.3 is 0 Å². The SMILES string of the molecule is C=C1C(=CC=C2CCC[C@]3(C)[C@@H]([C@H](C)CCCC(C)(C)O)CC[C@@H]23)C[C@@H](O)C(=C)[C@@H]1O. The first kappa shape index (κ1) is 24.5. The summed E-state index contributed by atoms with van der Waals surface area (Å²) in [6.07, 6.45) is 12.7. The van der Waals surface area contributed by atoms with Gasteiger partial charge < -0.3 is 15.3 Å². The third-order valence-electron chi connectivity index (χ3n) is 8.61. The number of hydrogen-bond donors (Lipinski definition) is 3. The fourth-order valence-corrected chi connectivity index (χ4v) is 6.71. The van der Waals surface area contributed by atoms with Crippen LogP contribution in [0.5, 0.6) is 0 Å². The zero-order valence-corrected chi connectivity index (χ0v) is 20.2. The lowest BCUT2D eigenvalue weighted by Crippen LogP contribution is -2.36. The molecule has 3 fully saturated rings. The van der Waals surface area contributed by atoms with Gasteiger partial charge in [0, 0.05) is 6.42 Å².